The van der Waals surface area contributed by atoms with Gasteiger partial charge in [-0.05, 0) is 271 Å². The van der Waals surface area contributed by atoms with Crippen molar-refractivity contribution in [2.75, 3.05) is 0 Å². The number of benzene rings is 23. The largest absolute Gasteiger partial charge is 0.309 e. The third kappa shape index (κ3) is 14.7. The molecule has 6 nitrogen and oxygen atoms in total. The van der Waals surface area contributed by atoms with Crippen molar-refractivity contribution in [3.63, 3.8) is 0 Å². The predicted molar refractivity (Wildman–Crippen MR) is 609 cm³/mol. The van der Waals surface area contributed by atoms with E-state index in [2.05, 4.69) is 586 Å². The van der Waals surface area contributed by atoms with Crippen LogP contribution >= 0.6 is 0 Å². The minimum Gasteiger partial charge on any atom is -0.309 e. The van der Waals surface area contributed by atoms with Gasteiger partial charge >= 0.3 is 0 Å². The van der Waals surface area contributed by atoms with Gasteiger partial charge < -0.3 is 27.4 Å². The van der Waals surface area contributed by atoms with Gasteiger partial charge in [0.05, 0.1) is 66.2 Å². The number of rotatable bonds is 14. The molecule has 0 radical (unpaired) electrons. The summed E-state index contributed by atoms with van der Waals surface area (Å²) >= 11 is 0. The van der Waals surface area contributed by atoms with Gasteiger partial charge in [-0.3, -0.25) is 0 Å². The van der Waals surface area contributed by atoms with E-state index in [0.29, 0.717) is 0 Å². The van der Waals surface area contributed by atoms with Gasteiger partial charge in [0.25, 0.3) is 0 Å². The molecule has 0 fully saturated rings. The Hall–Kier alpha value is -19.1. The van der Waals surface area contributed by atoms with Gasteiger partial charge in [-0.15, -0.1) is 0 Å². The van der Waals surface area contributed by atoms with Crippen LogP contribution < -0.4 is 0 Å². The number of para-hydroxylation sites is 7. The molecule has 0 saturated heterocycles. The molecule has 0 spiro atoms. The fourth-order valence-electron chi connectivity index (χ4n) is 22.4. The molecular formula is C138H92N6. The average Bonchev–Trinajstić information content (AvgIpc) is 1.58. The van der Waals surface area contributed by atoms with Crippen LogP contribution in [0.2, 0.25) is 0 Å². The Morgan fingerprint density at radius 1 is 0.0903 bits per heavy atom. The zero-order chi connectivity index (χ0) is 95.1. The van der Waals surface area contributed by atoms with Crippen LogP contribution in [0.1, 0.15) is 0 Å². The normalized spacial score (nSPS) is 11.6. The Balaban J connectivity index is 0.000000108. The molecule has 0 unspecified atom stereocenters. The van der Waals surface area contributed by atoms with Crippen molar-refractivity contribution < 1.29 is 0 Å². The van der Waals surface area contributed by atoms with E-state index < -0.39 is 0 Å². The molecule has 29 aromatic rings. The summed E-state index contributed by atoms with van der Waals surface area (Å²) in [7, 11) is 0. The summed E-state index contributed by atoms with van der Waals surface area (Å²) in [5.74, 6) is 0. The molecule has 0 N–H and O–H groups in total. The van der Waals surface area contributed by atoms with Crippen molar-refractivity contribution in [3.05, 3.63) is 558 Å². The van der Waals surface area contributed by atoms with Crippen molar-refractivity contribution >= 4 is 131 Å². The topological polar surface area (TPSA) is 29.6 Å². The molecule has 6 aromatic heterocycles. The molecular weight excluding hydrogens is 1740 g/mol. The lowest BCUT2D eigenvalue weighted by molar-refractivity contribution is 1.18. The van der Waals surface area contributed by atoms with E-state index in [1.807, 2.05) is 0 Å². The molecule has 674 valence electrons. The molecule has 0 aliphatic heterocycles. The van der Waals surface area contributed by atoms with Gasteiger partial charge in [0.15, 0.2) is 0 Å². The molecule has 144 heavy (non-hydrogen) atoms. The van der Waals surface area contributed by atoms with E-state index in [1.165, 1.54) is 231 Å². The molecule has 6 heterocycles. The molecule has 29 rings (SSSR count). The van der Waals surface area contributed by atoms with Gasteiger partial charge in [-0.25, -0.2) is 0 Å². The van der Waals surface area contributed by atoms with Crippen molar-refractivity contribution in [1.29, 1.82) is 0 Å². The van der Waals surface area contributed by atoms with Gasteiger partial charge in [0.2, 0.25) is 0 Å². The first kappa shape index (κ1) is 84.2. The predicted octanol–water partition coefficient (Wildman–Crippen LogP) is 37.0. The van der Waals surface area contributed by atoms with E-state index in [-0.39, 0.29) is 0 Å². The second kappa shape index (κ2) is 35.7. The summed E-state index contributed by atoms with van der Waals surface area (Å²) in [4.78, 5) is 0. The maximum atomic E-state index is 2.40. The SMILES string of the molecule is c1ccc(-c2ccc(-n3c4ccccc4c4cc(-c5ccc6c(c5)c5ccccc5n6-c5ccc(-c6ccccc6)cc5)ccc43)cc2)cc1.c1ccc(-c2ccc(-n3c4ccccc4c4cc(-c5ccc6c(c5)c5ccccc5n6-c5cccc(-c6ccccc6)c5)ccc43)cc2)cc1.c1ccc(-c2cccc3c2c2cc(-c4ccc5c(c4)c4ccccc4n5-c4ccccc4)ccc2n3-c2ccccc2)cc1. The highest BCUT2D eigenvalue weighted by atomic mass is 15.0. The van der Waals surface area contributed by atoms with Crippen molar-refractivity contribution in [1.82, 2.24) is 27.4 Å². The zero-order valence-electron chi connectivity index (χ0n) is 78.8. The van der Waals surface area contributed by atoms with Gasteiger partial charge in [0, 0.05) is 98.8 Å². The number of nitrogens with zero attached hydrogens (tertiary/aromatic N) is 6. The molecule has 0 bridgehead atoms. The smallest absolute Gasteiger partial charge is 0.0547 e. The number of aromatic nitrogens is 6. The minimum absolute atomic E-state index is 1.16. The van der Waals surface area contributed by atoms with Crippen LogP contribution in [0, 0.1) is 0 Å². The third-order valence-electron chi connectivity index (χ3n) is 29.2. The molecule has 0 aliphatic carbocycles. The lowest BCUT2D eigenvalue weighted by Crippen LogP contribution is -1.94. The number of fused-ring (bicyclic) bond motifs is 18. The lowest BCUT2D eigenvalue weighted by atomic mass is 9.97. The Morgan fingerprint density at radius 3 is 0.576 bits per heavy atom. The maximum absolute atomic E-state index is 2.40. The fourth-order valence-corrected chi connectivity index (χ4v) is 22.4. The summed E-state index contributed by atoms with van der Waals surface area (Å²) in [6.45, 7) is 0. The van der Waals surface area contributed by atoms with Crippen LogP contribution in [0.3, 0.4) is 0 Å². The maximum Gasteiger partial charge on any atom is 0.0547 e. The number of hydrogen-bond acceptors (Lipinski definition) is 0. The van der Waals surface area contributed by atoms with Crippen LogP contribution in [-0.2, 0) is 0 Å². The fraction of sp³-hybridized carbons (Fsp3) is 0. The van der Waals surface area contributed by atoms with E-state index >= 15 is 0 Å². The van der Waals surface area contributed by atoms with Crippen molar-refractivity contribution in [2.24, 2.45) is 0 Å². The molecule has 0 aliphatic rings. The molecule has 23 aromatic carbocycles. The molecule has 0 atom stereocenters. The summed E-state index contributed by atoms with van der Waals surface area (Å²) in [6.07, 6.45) is 0. The van der Waals surface area contributed by atoms with Crippen molar-refractivity contribution in [3.8, 4) is 123 Å². The van der Waals surface area contributed by atoms with Crippen LogP contribution in [0.25, 0.3) is 254 Å². The first-order valence-corrected chi connectivity index (χ1v) is 49.5. The van der Waals surface area contributed by atoms with Gasteiger partial charge in [-0.2, -0.15) is 0 Å². The first-order chi connectivity index (χ1) is 71.4. The Labute approximate surface area is 833 Å². The molecule has 6 heteroatoms. The standard InChI is InChI=1S/2C48H32N2.C42H28N2/c1-3-12-33(13-4-1)35-22-26-39(27-23-35)49-45-20-9-7-18-41(45)43-31-37(24-28-47(43)49)38-25-29-48-44(32-38)42-19-8-10-21-46(42)50(48)40-17-11-16-36(30-40)34-14-5-2-6-15-34;1-3-11-33(12-4-1)35-19-25-39(26-20-35)49-45-17-9-7-15-41(45)43-31-37(23-29-47(43)49)38-24-30-48-44(32-38)42-16-8-10-18-46(42)50(48)40-27-21-36(22-28-40)34-13-5-2-6-14-34;1-4-13-29(14-5-1)34-20-12-22-41-42(34)37-28-31(24-26-40(37)44(41)33-17-8-3-9-18-33)30-23-25-39-36(27-30)35-19-10-11-21-38(35)43(39)32-15-6-2-7-16-32/h2*1-32H;1-28H. The Kier molecular flexibility index (Phi) is 20.9. The monoisotopic (exact) mass is 1830 g/mol. The average molecular weight is 1830 g/mol. The van der Waals surface area contributed by atoms with Gasteiger partial charge in [0.1, 0.15) is 0 Å². The highest BCUT2D eigenvalue weighted by Crippen LogP contribution is 2.47. The zero-order valence-corrected chi connectivity index (χ0v) is 78.8. The van der Waals surface area contributed by atoms with Crippen LogP contribution in [0.15, 0.2) is 558 Å². The van der Waals surface area contributed by atoms with Crippen LogP contribution in [0.5, 0.6) is 0 Å². The van der Waals surface area contributed by atoms with E-state index in [9.17, 15) is 0 Å². The second-order valence-corrected chi connectivity index (χ2v) is 37.4. The number of hydrogen-bond donors (Lipinski definition) is 0. The van der Waals surface area contributed by atoms with Crippen LogP contribution in [-0.4, -0.2) is 27.4 Å². The second-order valence-electron chi connectivity index (χ2n) is 37.4. The minimum atomic E-state index is 1.16. The summed E-state index contributed by atoms with van der Waals surface area (Å²) in [6, 6.07) is 202. The van der Waals surface area contributed by atoms with Crippen molar-refractivity contribution in [2.45, 2.75) is 0 Å². The highest BCUT2D eigenvalue weighted by Gasteiger charge is 2.24. The van der Waals surface area contributed by atoms with Crippen LogP contribution in [0.4, 0.5) is 0 Å². The summed E-state index contributed by atoms with van der Waals surface area (Å²) in [5.41, 5.74) is 41.1. The Bertz CT molecular complexity index is 9750. The van der Waals surface area contributed by atoms with Gasteiger partial charge in [-0.1, -0.05) is 376 Å². The lowest BCUT2D eigenvalue weighted by Gasteiger charge is -2.11. The Morgan fingerprint density at radius 2 is 0.271 bits per heavy atom. The quantitative estimate of drug-likeness (QED) is 0.104. The summed E-state index contributed by atoms with van der Waals surface area (Å²) in [5, 5.41) is 15.1. The van der Waals surface area contributed by atoms with E-state index in [0.717, 1.165) is 22.7 Å². The highest BCUT2D eigenvalue weighted by molar-refractivity contribution is 6.19. The third-order valence-corrected chi connectivity index (χ3v) is 29.2. The first-order valence-electron chi connectivity index (χ1n) is 49.5. The molecule has 0 amide bonds. The van der Waals surface area contributed by atoms with E-state index in [1.54, 1.807) is 0 Å². The molecule has 0 saturated carbocycles. The summed E-state index contributed by atoms with van der Waals surface area (Å²) < 4.78 is 14.4. The van der Waals surface area contributed by atoms with E-state index in [4.69, 9.17) is 0 Å².